The summed E-state index contributed by atoms with van der Waals surface area (Å²) in [6, 6.07) is 19.0. The van der Waals surface area contributed by atoms with Gasteiger partial charge in [-0.1, -0.05) is 59.3 Å². The second-order valence-electron chi connectivity index (χ2n) is 6.54. The molecule has 0 aliphatic heterocycles. The summed E-state index contributed by atoms with van der Waals surface area (Å²) in [5, 5.41) is 5.02. The van der Waals surface area contributed by atoms with E-state index in [9.17, 15) is 4.79 Å². The molecule has 0 radical (unpaired) electrons. The molecular weight excluding hydrogens is 406 g/mol. The Morgan fingerprint density at radius 1 is 1.03 bits per heavy atom. The second kappa shape index (κ2) is 6.99. The second-order valence-corrected chi connectivity index (χ2v) is 7.96. The van der Waals surface area contributed by atoms with Gasteiger partial charge in [-0.15, -0.1) is 5.10 Å². The maximum absolute atomic E-state index is 12.8. The summed E-state index contributed by atoms with van der Waals surface area (Å²) in [7, 11) is 0. The van der Waals surface area contributed by atoms with E-state index in [2.05, 4.69) is 10.1 Å². The van der Waals surface area contributed by atoms with Crippen molar-refractivity contribution >= 4 is 34.0 Å². The Hall–Kier alpha value is -3.22. The van der Waals surface area contributed by atoms with Crippen molar-refractivity contribution in [3.05, 3.63) is 91.9 Å². The molecule has 0 aliphatic rings. The summed E-state index contributed by atoms with van der Waals surface area (Å²) in [5.74, 6) is 1.77. The van der Waals surface area contributed by atoms with Crippen molar-refractivity contribution in [2.45, 2.75) is 6.92 Å². The lowest BCUT2D eigenvalue weighted by Crippen LogP contribution is -2.23. The first kappa shape index (κ1) is 17.8. The van der Waals surface area contributed by atoms with Gasteiger partial charge in [-0.2, -0.15) is 9.50 Å². The molecule has 0 amide bonds. The lowest BCUT2D eigenvalue weighted by Gasteiger charge is -1.98. The van der Waals surface area contributed by atoms with Crippen molar-refractivity contribution in [3.8, 4) is 22.7 Å². The third kappa shape index (κ3) is 3.16. The van der Waals surface area contributed by atoms with Gasteiger partial charge in [0.1, 0.15) is 16.1 Å². The van der Waals surface area contributed by atoms with Crippen LogP contribution in [0.2, 0.25) is 5.02 Å². The normalized spacial score (nSPS) is 12.1. The average Bonchev–Trinajstić information content (AvgIpc) is 3.41. The Morgan fingerprint density at radius 3 is 2.55 bits per heavy atom. The largest absolute Gasteiger partial charge is 0.457 e. The number of aryl methyl sites for hydroxylation is 1. The highest BCUT2D eigenvalue weighted by Gasteiger charge is 2.14. The standard InChI is InChI=1S/C22H14ClN3O2S/c1-13-6-2-3-7-15(13)20-24-22-26(25-20)21(27)19(29-22)12-14-10-11-18(28-14)16-8-4-5-9-17(16)23/h2-12H,1H3/b19-12-. The summed E-state index contributed by atoms with van der Waals surface area (Å²) in [4.78, 5) is 17.9. The fourth-order valence-corrected chi connectivity index (χ4v) is 4.25. The van der Waals surface area contributed by atoms with Gasteiger partial charge >= 0.3 is 0 Å². The molecule has 0 N–H and O–H groups in total. The number of aromatic nitrogens is 3. The van der Waals surface area contributed by atoms with Crippen LogP contribution >= 0.6 is 22.9 Å². The summed E-state index contributed by atoms with van der Waals surface area (Å²) in [6.07, 6.45) is 1.71. The molecule has 0 saturated heterocycles. The molecule has 3 heterocycles. The number of benzene rings is 2. The molecule has 0 bridgehead atoms. The van der Waals surface area contributed by atoms with Crippen molar-refractivity contribution in [3.63, 3.8) is 0 Å². The molecule has 0 unspecified atom stereocenters. The maximum atomic E-state index is 12.8. The van der Waals surface area contributed by atoms with Crippen LogP contribution in [0.4, 0.5) is 0 Å². The van der Waals surface area contributed by atoms with Crippen LogP contribution in [0.5, 0.6) is 0 Å². The lowest BCUT2D eigenvalue weighted by atomic mass is 10.1. The summed E-state index contributed by atoms with van der Waals surface area (Å²) in [6.45, 7) is 2.00. The molecule has 0 saturated carbocycles. The first-order valence-corrected chi connectivity index (χ1v) is 10.1. The maximum Gasteiger partial charge on any atom is 0.291 e. The minimum absolute atomic E-state index is 0.215. The zero-order chi connectivity index (χ0) is 20.0. The van der Waals surface area contributed by atoms with Crippen LogP contribution in [0.3, 0.4) is 0 Å². The van der Waals surface area contributed by atoms with E-state index in [1.807, 2.05) is 67.6 Å². The number of fused-ring (bicyclic) bond motifs is 1. The molecule has 0 fully saturated rings. The highest BCUT2D eigenvalue weighted by Crippen LogP contribution is 2.29. The number of rotatable bonds is 3. The van der Waals surface area contributed by atoms with E-state index in [0.29, 0.717) is 31.9 Å². The third-order valence-corrected chi connectivity index (χ3v) is 5.90. The Bertz CT molecular complexity index is 1470. The molecule has 3 aromatic heterocycles. The van der Waals surface area contributed by atoms with Gasteiger partial charge in [-0.3, -0.25) is 4.79 Å². The molecule has 142 valence electrons. The van der Waals surface area contributed by atoms with Gasteiger partial charge in [0.15, 0.2) is 5.82 Å². The van der Waals surface area contributed by atoms with Crippen molar-refractivity contribution < 1.29 is 4.42 Å². The Morgan fingerprint density at radius 2 is 1.79 bits per heavy atom. The van der Waals surface area contributed by atoms with Gasteiger partial charge < -0.3 is 4.42 Å². The molecule has 7 heteroatoms. The highest BCUT2D eigenvalue weighted by molar-refractivity contribution is 7.15. The van der Waals surface area contributed by atoms with E-state index >= 15 is 0 Å². The number of nitrogens with zero attached hydrogens (tertiary/aromatic N) is 3. The predicted molar refractivity (Wildman–Crippen MR) is 115 cm³/mol. The monoisotopic (exact) mass is 419 g/mol. The first-order chi connectivity index (χ1) is 14.1. The van der Waals surface area contributed by atoms with Gasteiger partial charge in [-0.05, 0) is 36.8 Å². The Kier molecular flexibility index (Phi) is 4.30. The molecule has 2 aromatic carbocycles. The van der Waals surface area contributed by atoms with E-state index < -0.39 is 0 Å². The summed E-state index contributed by atoms with van der Waals surface area (Å²) in [5.41, 5.74) is 2.58. The van der Waals surface area contributed by atoms with Gasteiger partial charge in [0.2, 0.25) is 4.96 Å². The van der Waals surface area contributed by atoms with E-state index in [4.69, 9.17) is 16.0 Å². The fourth-order valence-electron chi connectivity index (χ4n) is 3.14. The summed E-state index contributed by atoms with van der Waals surface area (Å²) >= 11 is 7.51. The SMILES string of the molecule is Cc1ccccc1-c1nc2s/c(=C\c3ccc(-c4ccccc4Cl)o3)c(=O)n2n1. The zero-order valence-electron chi connectivity index (χ0n) is 15.3. The quantitative estimate of drug-likeness (QED) is 0.429. The minimum atomic E-state index is -0.215. The molecule has 0 aliphatic carbocycles. The van der Waals surface area contributed by atoms with Gasteiger partial charge in [-0.25, -0.2) is 0 Å². The Balaban J connectivity index is 1.55. The van der Waals surface area contributed by atoms with Crippen molar-refractivity contribution in [1.82, 2.24) is 14.6 Å². The van der Waals surface area contributed by atoms with Crippen molar-refractivity contribution in [2.75, 3.05) is 0 Å². The topological polar surface area (TPSA) is 60.4 Å². The molecule has 5 nitrogen and oxygen atoms in total. The van der Waals surface area contributed by atoms with E-state index in [0.717, 1.165) is 16.7 Å². The van der Waals surface area contributed by atoms with Gasteiger partial charge in [0.25, 0.3) is 5.56 Å². The van der Waals surface area contributed by atoms with Gasteiger partial charge in [0, 0.05) is 17.2 Å². The van der Waals surface area contributed by atoms with E-state index in [1.165, 1.54) is 15.9 Å². The van der Waals surface area contributed by atoms with Crippen LogP contribution in [0.25, 0.3) is 33.7 Å². The van der Waals surface area contributed by atoms with E-state index in [-0.39, 0.29) is 5.56 Å². The minimum Gasteiger partial charge on any atom is -0.457 e. The van der Waals surface area contributed by atoms with Crippen molar-refractivity contribution in [2.24, 2.45) is 0 Å². The number of furan rings is 1. The van der Waals surface area contributed by atoms with E-state index in [1.54, 1.807) is 6.08 Å². The molecule has 5 rings (SSSR count). The van der Waals surface area contributed by atoms with Crippen LogP contribution in [0.1, 0.15) is 11.3 Å². The molecule has 29 heavy (non-hydrogen) atoms. The molecule has 5 aromatic rings. The van der Waals surface area contributed by atoms with Crippen LogP contribution in [-0.2, 0) is 0 Å². The summed E-state index contributed by atoms with van der Waals surface area (Å²) < 4.78 is 7.72. The molecule has 0 spiro atoms. The average molecular weight is 420 g/mol. The van der Waals surface area contributed by atoms with Crippen LogP contribution in [0.15, 0.2) is 69.9 Å². The van der Waals surface area contributed by atoms with Crippen LogP contribution in [-0.4, -0.2) is 14.6 Å². The lowest BCUT2D eigenvalue weighted by molar-refractivity contribution is 0.571. The first-order valence-electron chi connectivity index (χ1n) is 8.92. The predicted octanol–water partition coefficient (Wildman–Crippen LogP) is 4.59. The number of hydrogen-bond acceptors (Lipinski definition) is 5. The molecular formula is C22H14ClN3O2S. The van der Waals surface area contributed by atoms with Crippen LogP contribution < -0.4 is 10.1 Å². The zero-order valence-corrected chi connectivity index (χ0v) is 16.9. The highest BCUT2D eigenvalue weighted by atomic mass is 35.5. The Labute approximate surface area is 174 Å². The van der Waals surface area contributed by atoms with Gasteiger partial charge in [0.05, 0.1) is 5.02 Å². The smallest absolute Gasteiger partial charge is 0.291 e. The third-order valence-electron chi connectivity index (χ3n) is 4.61. The fraction of sp³-hybridized carbons (Fsp3) is 0.0455. The number of thiazole rings is 1. The molecule has 0 atom stereocenters. The number of halogens is 1. The van der Waals surface area contributed by atoms with Crippen molar-refractivity contribution in [1.29, 1.82) is 0 Å². The number of hydrogen-bond donors (Lipinski definition) is 0. The van der Waals surface area contributed by atoms with Crippen LogP contribution in [0, 0.1) is 6.92 Å².